The Morgan fingerprint density at radius 2 is 1.67 bits per heavy atom. The molecule has 1 aliphatic heterocycles. The summed E-state index contributed by atoms with van der Waals surface area (Å²) in [5.74, 6) is 2.59. The number of carbonyl (C=O) groups is 1. The fourth-order valence-corrected chi connectivity index (χ4v) is 8.23. The van der Waals surface area contributed by atoms with Gasteiger partial charge in [0.2, 0.25) is 11.8 Å². The molecule has 8 rings (SSSR count). The minimum atomic E-state index is -0.361. The number of amides is 1. The number of nitrogens with one attached hydrogen (secondary N) is 2. The number of aliphatic hydroxyl groups excluding tert-OH is 1. The number of likely N-dealkylation sites (tertiary alicyclic amines) is 1. The molecule has 3 N–H and O–H groups in total. The highest BCUT2D eigenvalue weighted by atomic mass is 35.5. The molecule has 0 atom stereocenters. The topological polar surface area (TPSA) is 123 Å². The predicted molar refractivity (Wildman–Crippen MR) is 209 cm³/mol. The molecule has 54 heavy (non-hydrogen) atoms. The Morgan fingerprint density at radius 1 is 0.963 bits per heavy atom. The Hall–Kier alpha value is -4.68. The van der Waals surface area contributed by atoms with Crippen LogP contribution in [0.1, 0.15) is 43.7 Å². The lowest BCUT2D eigenvalue weighted by atomic mass is 9.80. The summed E-state index contributed by atoms with van der Waals surface area (Å²) < 4.78 is 19.4. The van der Waals surface area contributed by atoms with E-state index in [1.165, 1.54) is 0 Å². The number of ether oxygens (including phenoxy) is 3. The van der Waals surface area contributed by atoms with Crippen LogP contribution in [0.4, 0.5) is 0 Å². The summed E-state index contributed by atoms with van der Waals surface area (Å²) in [5, 5.41) is 22.7. The number of aromatic nitrogens is 3. The highest BCUT2D eigenvalue weighted by molar-refractivity contribution is 6.36. The largest absolute Gasteiger partial charge is 0.496 e. The van der Waals surface area contributed by atoms with Crippen molar-refractivity contribution in [2.24, 2.45) is 11.3 Å². The van der Waals surface area contributed by atoms with Crippen LogP contribution >= 0.6 is 11.6 Å². The van der Waals surface area contributed by atoms with Gasteiger partial charge in [0.1, 0.15) is 11.5 Å². The summed E-state index contributed by atoms with van der Waals surface area (Å²) in [4.78, 5) is 19.9. The molecular weight excluding hydrogens is 704 g/mol. The van der Waals surface area contributed by atoms with Crippen molar-refractivity contribution in [3.63, 3.8) is 0 Å². The highest BCUT2D eigenvalue weighted by Crippen LogP contribution is 2.41. The van der Waals surface area contributed by atoms with Crippen LogP contribution in [0.3, 0.4) is 0 Å². The summed E-state index contributed by atoms with van der Waals surface area (Å²) in [6.45, 7) is 5.49. The molecule has 0 spiro atoms. The second kappa shape index (κ2) is 14.9. The summed E-state index contributed by atoms with van der Waals surface area (Å²) in [7, 11) is 4.96. The van der Waals surface area contributed by atoms with E-state index < -0.39 is 0 Å². The number of carbonyl (C=O) groups excluding carboxylic acids is 1. The maximum absolute atomic E-state index is 12.7. The van der Waals surface area contributed by atoms with Crippen LogP contribution in [0, 0.1) is 11.3 Å². The summed E-state index contributed by atoms with van der Waals surface area (Å²) in [6, 6.07) is 20.4. The van der Waals surface area contributed by atoms with E-state index in [1.54, 1.807) is 21.3 Å². The number of nitrogens with zero attached hydrogens (tertiary/aromatic N) is 4. The Morgan fingerprint density at radius 3 is 2.35 bits per heavy atom. The normalized spacial score (nSPS) is 19.2. The van der Waals surface area contributed by atoms with Gasteiger partial charge >= 0.3 is 0 Å². The number of pyridine rings is 1. The van der Waals surface area contributed by atoms with Gasteiger partial charge in [-0.15, -0.1) is 0 Å². The van der Waals surface area contributed by atoms with Crippen LogP contribution in [0.5, 0.6) is 17.4 Å². The number of hydrogen-bond donors (Lipinski definition) is 3. The summed E-state index contributed by atoms with van der Waals surface area (Å²) in [6.07, 6.45) is 5.54. The van der Waals surface area contributed by atoms with Crippen molar-refractivity contribution >= 4 is 28.4 Å². The number of fused-ring (bicyclic) bond motifs is 1. The molecule has 12 heteroatoms. The van der Waals surface area contributed by atoms with Crippen LogP contribution < -0.4 is 24.8 Å². The van der Waals surface area contributed by atoms with Crippen LogP contribution in [0.25, 0.3) is 39.0 Å². The molecule has 3 aromatic carbocycles. The maximum Gasteiger partial charge on any atom is 0.228 e. The second-order valence-corrected chi connectivity index (χ2v) is 15.6. The van der Waals surface area contributed by atoms with Crippen LogP contribution in [0.15, 0.2) is 66.9 Å². The number of methoxy groups -OCH3 is 3. The number of halogens is 1. The molecular formula is C42H47ClN6O5. The van der Waals surface area contributed by atoms with Crippen molar-refractivity contribution in [3.8, 4) is 45.5 Å². The zero-order valence-electron chi connectivity index (χ0n) is 31.2. The molecule has 282 valence electrons. The van der Waals surface area contributed by atoms with Crippen LogP contribution in [0.2, 0.25) is 5.02 Å². The van der Waals surface area contributed by atoms with Gasteiger partial charge in [0.15, 0.2) is 0 Å². The van der Waals surface area contributed by atoms with E-state index in [4.69, 9.17) is 35.9 Å². The van der Waals surface area contributed by atoms with Gasteiger partial charge in [0.25, 0.3) is 0 Å². The first-order valence-corrected chi connectivity index (χ1v) is 19.0. The standard InChI is InChI=1S/C42H47ClN6O5/c1-42(41(51)46-27-12-13-27)23-48(24-42)22-26-11-14-35(47-40(26)54-4)32-9-5-8-31(39(32)43)30-7-6-10-36-33(30)21-45-49(36)28-17-37(52-2)34(38(18-28)53-3)20-44-19-25-15-29(50)16-25/h5-11,14,17-18,21,25,27,29,44,50H,12-13,15-16,19-20,22-24H2,1-4H3,(H,46,51). The molecule has 3 aliphatic rings. The molecule has 2 aromatic heterocycles. The van der Waals surface area contributed by atoms with Crippen molar-refractivity contribution in [3.05, 3.63) is 83.0 Å². The van der Waals surface area contributed by atoms with E-state index in [0.717, 1.165) is 76.6 Å². The lowest BCUT2D eigenvalue weighted by Gasteiger charge is -2.46. The monoisotopic (exact) mass is 750 g/mol. The number of aliphatic hydroxyl groups is 1. The molecule has 3 fully saturated rings. The smallest absolute Gasteiger partial charge is 0.228 e. The highest BCUT2D eigenvalue weighted by Gasteiger charge is 2.46. The average molecular weight is 751 g/mol. The molecule has 2 saturated carbocycles. The van der Waals surface area contributed by atoms with Gasteiger partial charge in [0.05, 0.1) is 66.5 Å². The second-order valence-electron chi connectivity index (χ2n) is 15.2. The Labute approximate surface area is 320 Å². The van der Waals surface area contributed by atoms with E-state index in [0.29, 0.717) is 66.2 Å². The first-order chi connectivity index (χ1) is 26.2. The molecule has 0 radical (unpaired) electrons. The van der Waals surface area contributed by atoms with Gasteiger partial charge in [0, 0.05) is 66.4 Å². The third-order valence-electron chi connectivity index (χ3n) is 11.1. The van der Waals surface area contributed by atoms with Gasteiger partial charge in [-0.05, 0) is 62.8 Å². The van der Waals surface area contributed by atoms with Crippen molar-refractivity contribution in [1.29, 1.82) is 0 Å². The Kier molecular flexibility index (Phi) is 9.99. The maximum atomic E-state index is 12.7. The fourth-order valence-electron chi connectivity index (χ4n) is 7.91. The van der Waals surface area contributed by atoms with E-state index in [1.807, 2.05) is 72.4 Å². The Bertz CT molecular complexity index is 2160. The molecule has 0 unspecified atom stereocenters. The van der Waals surface area contributed by atoms with E-state index in [9.17, 15) is 9.90 Å². The third kappa shape index (κ3) is 7.01. The molecule has 3 heterocycles. The Balaban J connectivity index is 1.03. The van der Waals surface area contributed by atoms with Gasteiger partial charge in [-0.25, -0.2) is 9.67 Å². The van der Waals surface area contributed by atoms with Gasteiger partial charge in [-0.3, -0.25) is 9.69 Å². The molecule has 0 bridgehead atoms. The summed E-state index contributed by atoms with van der Waals surface area (Å²) in [5.41, 5.74) is 6.56. The van der Waals surface area contributed by atoms with Crippen molar-refractivity contribution < 1.29 is 24.1 Å². The van der Waals surface area contributed by atoms with Gasteiger partial charge in [-0.2, -0.15) is 5.10 Å². The average Bonchev–Trinajstić information content (AvgIpc) is 3.87. The lowest BCUT2D eigenvalue weighted by Crippen LogP contribution is -2.61. The zero-order chi connectivity index (χ0) is 37.6. The van der Waals surface area contributed by atoms with Crippen molar-refractivity contribution in [2.75, 3.05) is 41.0 Å². The van der Waals surface area contributed by atoms with Crippen molar-refractivity contribution in [2.45, 2.75) is 57.8 Å². The SMILES string of the molecule is COc1cc(-n2ncc3c(-c4cccc(-c5ccc(CN6CC(C)(C(=O)NC7CC7)C6)c(OC)n5)c4Cl)cccc32)cc(OC)c1CNCC1CC(O)C1. The third-order valence-corrected chi connectivity index (χ3v) is 11.5. The lowest BCUT2D eigenvalue weighted by molar-refractivity contribution is -0.140. The quantitative estimate of drug-likeness (QED) is 0.118. The van der Waals surface area contributed by atoms with E-state index in [2.05, 4.69) is 21.6 Å². The fraction of sp³-hybridized carbons (Fsp3) is 0.405. The summed E-state index contributed by atoms with van der Waals surface area (Å²) >= 11 is 7.23. The number of benzene rings is 3. The van der Waals surface area contributed by atoms with E-state index >= 15 is 0 Å². The first kappa shape index (κ1) is 36.3. The molecule has 1 amide bonds. The van der Waals surface area contributed by atoms with Gasteiger partial charge in [-0.1, -0.05) is 48.0 Å². The molecule has 5 aromatic rings. The van der Waals surface area contributed by atoms with Crippen LogP contribution in [-0.2, 0) is 17.9 Å². The van der Waals surface area contributed by atoms with Crippen molar-refractivity contribution in [1.82, 2.24) is 30.3 Å². The molecule has 1 saturated heterocycles. The minimum Gasteiger partial charge on any atom is -0.496 e. The van der Waals surface area contributed by atoms with E-state index in [-0.39, 0.29) is 17.4 Å². The number of hydrogen-bond acceptors (Lipinski definition) is 9. The molecule has 11 nitrogen and oxygen atoms in total. The first-order valence-electron chi connectivity index (χ1n) is 18.6. The number of rotatable bonds is 14. The zero-order valence-corrected chi connectivity index (χ0v) is 31.9. The molecule has 2 aliphatic carbocycles. The van der Waals surface area contributed by atoms with Crippen LogP contribution in [-0.4, -0.2) is 83.8 Å². The minimum absolute atomic E-state index is 0.153. The predicted octanol–water partition coefficient (Wildman–Crippen LogP) is 6.39. The van der Waals surface area contributed by atoms with Gasteiger partial charge < -0.3 is 30.0 Å².